The Balaban J connectivity index is 1.96. The van der Waals surface area contributed by atoms with Crippen molar-refractivity contribution < 1.29 is 4.79 Å². The molecule has 0 fully saturated rings. The highest BCUT2D eigenvalue weighted by molar-refractivity contribution is 7.80. The van der Waals surface area contributed by atoms with Gasteiger partial charge in [-0.2, -0.15) is 0 Å². The molecule has 2 rings (SSSR count). The number of hydrogen-bond donors (Lipinski definition) is 3. The summed E-state index contributed by atoms with van der Waals surface area (Å²) in [5.74, 6) is -0.246. The first kappa shape index (κ1) is 17.7. The Labute approximate surface area is 148 Å². The average molecular weight is 342 g/mol. The van der Waals surface area contributed by atoms with E-state index in [1.54, 1.807) is 6.07 Å². The number of aryl methyl sites for hydroxylation is 2. The molecule has 0 aromatic heterocycles. The lowest BCUT2D eigenvalue weighted by Gasteiger charge is -2.16. The van der Waals surface area contributed by atoms with Crippen LogP contribution in [0.5, 0.6) is 0 Å². The van der Waals surface area contributed by atoms with Gasteiger partial charge in [-0.15, -0.1) is 0 Å². The van der Waals surface area contributed by atoms with Gasteiger partial charge < -0.3 is 10.2 Å². The summed E-state index contributed by atoms with van der Waals surface area (Å²) in [6.07, 6.45) is 0. The van der Waals surface area contributed by atoms with Crippen molar-refractivity contribution >= 4 is 34.6 Å². The van der Waals surface area contributed by atoms with Crippen LogP contribution in [-0.4, -0.2) is 25.1 Å². The fourth-order valence-electron chi connectivity index (χ4n) is 2.27. The Kier molecular flexibility index (Phi) is 5.76. The molecule has 3 N–H and O–H groups in total. The Morgan fingerprint density at radius 1 is 1.00 bits per heavy atom. The molecule has 1 amide bonds. The quantitative estimate of drug-likeness (QED) is 0.591. The van der Waals surface area contributed by atoms with Gasteiger partial charge >= 0.3 is 0 Å². The number of thiocarbonyl (C=S) groups is 1. The van der Waals surface area contributed by atoms with Crippen molar-refractivity contribution in [2.24, 2.45) is 0 Å². The van der Waals surface area contributed by atoms with Gasteiger partial charge in [0.25, 0.3) is 5.91 Å². The summed E-state index contributed by atoms with van der Waals surface area (Å²) < 4.78 is 0. The topological polar surface area (TPSA) is 56.4 Å². The highest BCUT2D eigenvalue weighted by Gasteiger charge is 2.08. The summed E-state index contributed by atoms with van der Waals surface area (Å²) in [6.45, 7) is 4.01. The number of hydrogen-bond acceptors (Lipinski definition) is 3. The van der Waals surface area contributed by atoms with Gasteiger partial charge in [0.1, 0.15) is 0 Å². The van der Waals surface area contributed by atoms with Crippen molar-refractivity contribution in [3.63, 3.8) is 0 Å². The van der Waals surface area contributed by atoms with Crippen molar-refractivity contribution in [2.75, 3.05) is 24.3 Å². The lowest BCUT2D eigenvalue weighted by atomic mass is 10.1. The number of anilines is 2. The zero-order valence-electron chi connectivity index (χ0n) is 14.3. The molecule has 0 aliphatic carbocycles. The second-order valence-electron chi connectivity index (χ2n) is 5.74. The Hall–Kier alpha value is -2.60. The van der Waals surface area contributed by atoms with Crippen molar-refractivity contribution in [3.05, 3.63) is 59.2 Å². The molecule has 0 saturated heterocycles. The molecular weight excluding hydrogens is 320 g/mol. The smallest absolute Gasteiger partial charge is 0.269 e. The molecule has 126 valence electrons. The maximum Gasteiger partial charge on any atom is 0.269 e. The van der Waals surface area contributed by atoms with Gasteiger partial charge in [-0.3, -0.25) is 15.6 Å². The second kappa shape index (κ2) is 7.79. The van der Waals surface area contributed by atoms with Crippen LogP contribution >= 0.6 is 12.2 Å². The van der Waals surface area contributed by atoms with E-state index in [9.17, 15) is 4.79 Å². The van der Waals surface area contributed by atoms with Crippen LogP contribution in [0.25, 0.3) is 0 Å². The number of nitrogens with one attached hydrogen (secondary N) is 3. The number of carbonyl (C=O) groups is 1. The fraction of sp³-hybridized carbons (Fsp3) is 0.222. The number of hydrazine groups is 1. The zero-order chi connectivity index (χ0) is 17.7. The lowest BCUT2D eigenvalue weighted by Crippen LogP contribution is -2.44. The third kappa shape index (κ3) is 4.45. The minimum absolute atomic E-state index is 0.246. The van der Waals surface area contributed by atoms with Crippen LogP contribution in [0, 0.1) is 13.8 Å². The summed E-state index contributed by atoms with van der Waals surface area (Å²) in [5, 5.41) is 3.45. The number of benzene rings is 2. The van der Waals surface area contributed by atoms with Crippen molar-refractivity contribution in [1.29, 1.82) is 0 Å². The van der Waals surface area contributed by atoms with Crippen LogP contribution in [0.1, 0.15) is 21.5 Å². The molecule has 24 heavy (non-hydrogen) atoms. The summed E-state index contributed by atoms with van der Waals surface area (Å²) in [4.78, 5) is 14.2. The molecule has 0 heterocycles. The van der Waals surface area contributed by atoms with Crippen LogP contribution in [0.2, 0.25) is 0 Å². The van der Waals surface area contributed by atoms with E-state index in [1.807, 2.05) is 69.2 Å². The molecule has 0 atom stereocenters. The van der Waals surface area contributed by atoms with Crippen LogP contribution in [0.3, 0.4) is 0 Å². The first-order valence-corrected chi connectivity index (χ1v) is 8.00. The van der Waals surface area contributed by atoms with Gasteiger partial charge in [0.2, 0.25) is 0 Å². The van der Waals surface area contributed by atoms with E-state index >= 15 is 0 Å². The standard InChI is InChI=1S/C18H22N4OS/c1-12-7-5-8-13(2)16(12)19-18(24)21-20-17(23)14-9-6-10-15(11-14)22(3)4/h5-11H,1-4H3,(H,20,23)(H2,19,21,24). The molecule has 6 heteroatoms. The maximum absolute atomic E-state index is 12.2. The highest BCUT2D eigenvalue weighted by atomic mass is 32.1. The Morgan fingerprint density at radius 3 is 2.25 bits per heavy atom. The van der Waals surface area contributed by atoms with Crippen LogP contribution < -0.4 is 21.1 Å². The third-order valence-electron chi connectivity index (χ3n) is 3.63. The van der Waals surface area contributed by atoms with Gasteiger partial charge in [-0.1, -0.05) is 24.3 Å². The minimum atomic E-state index is -0.246. The zero-order valence-corrected chi connectivity index (χ0v) is 15.1. The number of carbonyl (C=O) groups excluding carboxylic acids is 1. The third-order valence-corrected chi connectivity index (χ3v) is 3.84. The number of nitrogens with zero attached hydrogens (tertiary/aromatic N) is 1. The van der Waals surface area contributed by atoms with Gasteiger partial charge in [-0.25, -0.2) is 0 Å². The normalized spacial score (nSPS) is 10.0. The van der Waals surface area contributed by atoms with E-state index in [2.05, 4.69) is 16.2 Å². The summed E-state index contributed by atoms with van der Waals surface area (Å²) >= 11 is 5.25. The largest absolute Gasteiger partial charge is 0.378 e. The monoisotopic (exact) mass is 342 g/mol. The Bertz CT molecular complexity index is 738. The van der Waals surface area contributed by atoms with Crippen molar-refractivity contribution in [3.8, 4) is 0 Å². The van der Waals surface area contributed by atoms with Crippen molar-refractivity contribution in [2.45, 2.75) is 13.8 Å². The molecule has 0 spiro atoms. The van der Waals surface area contributed by atoms with Crippen LogP contribution in [0.15, 0.2) is 42.5 Å². The average Bonchev–Trinajstić information content (AvgIpc) is 2.56. The fourth-order valence-corrected chi connectivity index (χ4v) is 2.42. The number of rotatable bonds is 3. The van der Waals surface area contributed by atoms with Gasteiger partial charge in [0.05, 0.1) is 0 Å². The molecule has 5 nitrogen and oxygen atoms in total. The molecule has 0 radical (unpaired) electrons. The minimum Gasteiger partial charge on any atom is -0.378 e. The summed E-state index contributed by atoms with van der Waals surface area (Å²) in [5.41, 5.74) is 9.99. The lowest BCUT2D eigenvalue weighted by molar-refractivity contribution is 0.0944. The molecule has 0 unspecified atom stereocenters. The predicted octanol–water partition coefficient (Wildman–Crippen LogP) is 3.00. The van der Waals surface area contributed by atoms with Crippen LogP contribution in [0.4, 0.5) is 11.4 Å². The first-order valence-electron chi connectivity index (χ1n) is 7.59. The second-order valence-corrected chi connectivity index (χ2v) is 6.15. The molecule has 2 aromatic carbocycles. The predicted molar refractivity (Wildman–Crippen MR) is 104 cm³/mol. The molecule has 0 bridgehead atoms. The van der Waals surface area contributed by atoms with E-state index in [0.29, 0.717) is 10.7 Å². The first-order chi connectivity index (χ1) is 11.4. The van der Waals surface area contributed by atoms with E-state index in [4.69, 9.17) is 12.2 Å². The van der Waals surface area contributed by atoms with Gasteiger partial charge in [0, 0.05) is 31.0 Å². The number of para-hydroxylation sites is 1. The van der Waals surface area contributed by atoms with Gasteiger partial charge in [0.15, 0.2) is 5.11 Å². The molecule has 0 aliphatic heterocycles. The summed E-state index contributed by atoms with van der Waals surface area (Å²) in [6, 6.07) is 13.4. The highest BCUT2D eigenvalue weighted by Crippen LogP contribution is 2.19. The SMILES string of the molecule is Cc1cccc(C)c1NC(=S)NNC(=O)c1cccc(N(C)C)c1. The summed E-state index contributed by atoms with van der Waals surface area (Å²) in [7, 11) is 3.86. The van der Waals surface area contributed by atoms with E-state index < -0.39 is 0 Å². The molecule has 2 aromatic rings. The Morgan fingerprint density at radius 2 is 1.62 bits per heavy atom. The maximum atomic E-state index is 12.2. The molecule has 0 saturated carbocycles. The molecule has 0 aliphatic rings. The van der Waals surface area contributed by atoms with Crippen LogP contribution in [-0.2, 0) is 0 Å². The van der Waals surface area contributed by atoms with E-state index in [-0.39, 0.29) is 5.91 Å². The van der Waals surface area contributed by atoms with Gasteiger partial charge in [-0.05, 0) is 55.4 Å². The molecular formula is C18H22N4OS. The van der Waals surface area contributed by atoms with Crippen molar-refractivity contribution in [1.82, 2.24) is 10.9 Å². The number of amides is 1. The van der Waals surface area contributed by atoms with E-state index in [1.165, 1.54) is 0 Å². The van der Waals surface area contributed by atoms with E-state index in [0.717, 1.165) is 22.5 Å².